The van der Waals surface area contributed by atoms with Crippen LogP contribution in [0.25, 0.3) is 5.78 Å². The van der Waals surface area contributed by atoms with Gasteiger partial charge in [0.05, 0.1) is 6.42 Å². The smallest absolute Gasteiger partial charge is 0.354 e. The molecule has 1 aromatic carbocycles. The van der Waals surface area contributed by atoms with E-state index in [1.54, 1.807) is 13.8 Å². The van der Waals surface area contributed by atoms with Gasteiger partial charge >= 0.3 is 6.18 Å². The van der Waals surface area contributed by atoms with Crippen molar-refractivity contribution in [3.8, 4) is 0 Å². The van der Waals surface area contributed by atoms with Gasteiger partial charge < -0.3 is 10.6 Å². The van der Waals surface area contributed by atoms with E-state index in [-0.39, 0.29) is 55.8 Å². The van der Waals surface area contributed by atoms with Gasteiger partial charge in [-0.15, -0.1) is 5.10 Å². The van der Waals surface area contributed by atoms with E-state index >= 15 is 0 Å². The molecule has 3 aromatic rings. The molecule has 0 saturated heterocycles. The van der Waals surface area contributed by atoms with Crippen LogP contribution in [-0.4, -0.2) is 44.5 Å². The summed E-state index contributed by atoms with van der Waals surface area (Å²) in [5, 5.41) is 8.81. The lowest BCUT2D eigenvalue weighted by Crippen LogP contribution is -2.35. The van der Waals surface area contributed by atoms with Gasteiger partial charge in [-0.25, -0.2) is 13.9 Å². The third kappa shape index (κ3) is 6.24. The van der Waals surface area contributed by atoms with Gasteiger partial charge in [-0.1, -0.05) is 12.1 Å². The van der Waals surface area contributed by atoms with Crippen LogP contribution in [0.1, 0.15) is 34.8 Å². The number of aryl methyl sites for hydroxylation is 2. The number of aromatic nitrogens is 4. The molecule has 2 heterocycles. The fourth-order valence-corrected chi connectivity index (χ4v) is 3.27. The first-order chi connectivity index (χ1) is 15.5. The van der Waals surface area contributed by atoms with Crippen LogP contribution in [0.5, 0.6) is 0 Å². The van der Waals surface area contributed by atoms with Crippen LogP contribution < -0.4 is 10.6 Å². The zero-order valence-electron chi connectivity index (χ0n) is 18.0. The number of amides is 2. The molecule has 0 aliphatic rings. The number of carbonyl (C=O) groups excluding carboxylic acids is 2. The average molecular weight is 466 g/mol. The molecular formula is C21H22F4N6O2. The molecule has 33 heavy (non-hydrogen) atoms. The van der Waals surface area contributed by atoms with Crippen molar-refractivity contribution in [2.45, 2.75) is 39.3 Å². The predicted molar refractivity (Wildman–Crippen MR) is 110 cm³/mol. The summed E-state index contributed by atoms with van der Waals surface area (Å²) in [5.74, 6) is -2.34. The van der Waals surface area contributed by atoms with Gasteiger partial charge in [0.2, 0.25) is 11.8 Å². The number of nitrogens with zero attached hydrogens (tertiary/aromatic N) is 4. The molecule has 0 radical (unpaired) electrons. The Morgan fingerprint density at radius 2 is 1.64 bits per heavy atom. The quantitative estimate of drug-likeness (QED) is 0.392. The number of hydrogen-bond acceptors (Lipinski definition) is 5. The Bertz CT molecular complexity index is 1160. The highest BCUT2D eigenvalue weighted by molar-refractivity contribution is 5.79. The number of hydrogen-bond donors (Lipinski definition) is 2. The Labute approximate surface area is 186 Å². The second kappa shape index (κ2) is 9.92. The third-order valence-corrected chi connectivity index (χ3v) is 4.95. The van der Waals surface area contributed by atoms with E-state index in [9.17, 15) is 27.2 Å². The molecule has 0 spiro atoms. The van der Waals surface area contributed by atoms with E-state index < -0.39 is 12.0 Å². The molecule has 0 bridgehead atoms. The molecule has 0 atom stereocenters. The van der Waals surface area contributed by atoms with Crippen LogP contribution in [0.4, 0.5) is 17.6 Å². The second-order valence-corrected chi connectivity index (χ2v) is 7.41. The Hall–Kier alpha value is -3.57. The number of fused-ring (bicyclic) bond motifs is 1. The molecule has 8 nitrogen and oxygen atoms in total. The van der Waals surface area contributed by atoms with E-state index in [1.807, 2.05) is 0 Å². The molecule has 176 valence electrons. The van der Waals surface area contributed by atoms with Crippen LogP contribution in [0.2, 0.25) is 0 Å². The van der Waals surface area contributed by atoms with Crippen molar-refractivity contribution in [1.82, 2.24) is 30.2 Å². The number of carbonyl (C=O) groups is 2. The van der Waals surface area contributed by atoms with Crippen molar-refractivity contribution >= 4 is 17.6 Å². The first kappa shape index (κ1) is 24.1. The summed E-state index contributed by atoms with van der Waals surface area (Å²) in [6.07, 6.45) is -4.24. The maximum atomic E-state index is 12.9. The predicted octanol–water partition coefficient (Wildman–Crippen LogP) is 2.31. The molecule has 0 aliphatic carbocycles. The summed E-state index contributed by atoms with van der Waals surface area (Å²) in [4.78, 5) is 31.5. The van der Waals surface area contributed by atoms with Crippen LogP contribution in [0.15, 0.2) is 24.3 Å². The van der Waals surface area contributed by atoms with Gasteiger partial charge in [0, 0.05) is 30.9 Å². The molecular weight excluding hydrogens is 444 g/mol. The van der Waals surface area contributed by atoms with Crippen LogP contribution >= 0.6 is 0 Å². The van der Waals surface area contributed by atoms with E-state index in [0.29, 0.717) is 22.5 Å². The zero-order chi connectivity index (χ0) is 24.2. The normalized spacial score (nSPS) is 11.6. The average Bonchev–Trinajstić information content (AvgIpc) is 3.17. The summed E-state index contributed by atoms with van der Waals surface area (Å²) in [5.41, 5.74) is 2.19. The first-order valence-electron chi connectivity index (χ1n) is 10.1. The van der Waals surface area contributed by atoms with Crippen molar-refractivity contribution in [3.63, 3.8) is 0 Å². The van der Waals surface area contributed by atoms with Crippen LogP contribution in [-0.2, 0) is 28.6 Å². The molecule has 12 heteroatoms. The van der Waals surface area contributed by atoms with Crippen molar-refractivity contribution in [2.75, 3.05) is 13.1 Å². The zero-order valence-corrected chi connectivity index (χ0v) is 18.0. The monoisotopic (exact) mass is 466 g/mol. The Morgan fingerprint density at radius 1 is 1.00 bits per heavy atom. The minimum atomic E-state index is -4.68. The highest BCUT2D eigenvalue weighted by Crippen LogP contribution is 2.27. The molecule has 2 N–H and O–H groups in total. The molecule has 0 aliphatic heterocycles. The largest absolute Gasteiger partial charge is 0.453 e. The third-order valence-electron chi connectivity index (χ3n) is 4.95. The Kier molecular flexibility index (Phi) is 7.24. The standard InChI is InChI=1S/C21H22F4N6O2/c1-12-16(13(2)31-20(28-12)29-19(30-31)21(23,24)25)7-8-17(32)26-9-10-27-18(33)11-14-3-5-15(22)6-4-14/h3-6H,7-11H2,1-2H3,(H,26,32)(H,27,33). The van der Waals surface area contributed by atoms with E-state index in [2.05, 4.69) is 25.7 Å². The number of rotatable bonds is 8. The summed E-state index contributed by atoms with van der Waals surface area (Å²) in [6.45, 7) is 3.66. The van der Waals surface area contributed by atoms with Crippen molar-refractivity contribution in [3.05, 3.63) is 58.4 Å². The van der Waals surface area contributed by atoms with Gasteiger partial charge in [-0.3, -0.25) is 9.59 Å². The first-order valence-corrected chi connectivity index (χ1v) is 10.1. The van der Waals surface area contributed by atoms with E-state index in [0.717, 1.165) is 4.52 Å². The lowest BCUT2D eigenvalue weighted by Gasteiger charge is -2.11. The minimum Gasteiger partial charge on any atom is -0.354 e. The summed E-state index contributed by atoms with van der Waals surface area (Å²) in [6, 6.07) is 5.60. The van der Waals surface area contributed by atoms with Crippen molar-refractivity contribution in [1.29, 1.82) is 0 Å². The molecule has 0 fully saturated rings. The van der Waals surface area contributed by atoms with Gasteiger partial charge in [-0.05, 0) is 43.5 Å². The lowest BCUT2D eigenvalue weighted by atomic mass is 10.1. The van der Waals surface area contributed by atoms with Crippen LogP contribution in [0, 0.1) is 19.7 Å². The minimum absolute atomic E-state index is 0.0826. The van der Waals surface area contributed by atoms with Gasteiger partial charge in [0.15, 0.2) is 0 Å². The Morgan fingerprint density at radius 3 is 2.27 bits per heavy atom. The maximum Gasteiger partial charge on any atom is 0.453 e. The molecule has 0 unspecified atom stereocenters. The van der Waals surface area contributed by atoms with Crippen molar-refractivity contribution < 1.29 is 27.2 Å². The summed E-state index contributed by atoms with van der Waals surface area (Å²) < 4.78 is 52.5. The Balaban J connectivity index is 1.47. The van der Waals surface area contributed by atoms with Gasteiger partial charge in [0.1, 0.15) is 5.82 Å². The molecule has 0 saturated carbocycles. The van der Waals surface area contributed by atoms with Gasteiger partial charge in [-0.2, -0.15) is 18.2 Å². The number of nitrogens with one attached hydrogen (secondary N) is 2. The van der Waals surface area contributed by atoms with E-state index in [1.165, 1.54) is 24.3 Å². The van der Waals surface area contributed by atoms with E-state index in [4.69, 9.17) is 0 Å². The number of alkyl halides is 3. The fourth-order valence-electron chi connectivity index (χ4n) is 3.27. The highest BCUT2D eigenvalue weighted by Gasteiger charge is 2.36. The lowest BCUT2D eigenvalue weighted by molar-refractivity contribution is -0.144. The summed E-state index contributed by atoms with van der Waals surface area (Å²) in [7, 11) is 0. The summed E-state index contributed by atoms with van der Waals surface area (Å²) >= 11 is 0. The topological polar surface area (TPSA) is 101 Å². The molecule has 2 amide bonds. The molecule has 3 rings (SSSR count). The molecule has 2 aromatic heterocycles. The second-order valence-electron chi connectivity index (χ2n) is 7.41. The number of halogens is 4. The maximum absolute atomic E-state index is 12.9. The SMILES string of the molecule is Cc1nc2nc(C(F)(F)F)nn2c(C)c1CCC(=O)NCCNC(=O)Cc1ccc(F)cc1. The fraction of sp³-hybridized carbons (Fsp3) is 0.381. The number of benzene rings is 1. The van der Waals surface area contributed by atoms with Gasteiger partial charge in [0.25, 0.3) is 11.6 Å². The van der Waals surface area contributed by atoms with Crippen molar-refractivity contribution in [2.24, 2.45) is 0 Å². The highest BCUT2D eigenvalue weighted by atomic mass is 19.4. The van der Waals surface area contributed by atoms with Crippen LogP contribution in [0.3, 0.4) is 0 Å².